The Kier molecular flexibility index (Phi) is 3.77. The summed E-state index contributed by atoms with van der Waals surface area (Å²) in [6.45, 7) is 0. The van der Waals surface area contributed by atoms with Crippen LogP contribution in [-0.4, -0.2) is 18.2 Å². The second kappa shape index (κ2) is 4.91. The molecule has 1 N–H and O–H groups in total. The molecule has 0 spiro atoms. The summed E-state index contributed by atoms with van der Waals surface area (Å²) in [6.07, 6.45) is 7.26. The van der Waals surface area contributed by atoms with Crippen molar-refractivity contribution in [2.75, 3.05) is 0 Å². The van der Waals surface area contributed by atoms with Crippen molar-refractivity contribution in [2.24, 2.45) is 0 Å². The van der Waals surface area contributed by atoms with Gasteiger partial charge in [-0.15, -0.1) is 0 Å². The van der Waals surface area contributed by atoms with Crippen molar-refractivity contribution in [2.45, 2.75) is 44.6 Å². The summed E-state index contributed by atoms with van der Waals surface area (Å²) in [5.74, 6) is -0.470. The molecule has 1 aliphatic carbocycles. The first-order valence-electron chi connectivity index (χ1n) is 4.58. The molecule has 0 aromatic carbocycles. The van der Waals surface area contributed by atoms with Crippen LogP contribution < -0.4 is 5.32 Å². The molecule has 0 aromatic heterocycles. The Morgan fingerprint density at radius 1 is 1.17 bits per heavy atom. The fourth-order valence-corrected chi connectivity index (χ4v) is 1.66. The summed E-state index contributed by atoms with van der Waals surface area (Å²) in [5, 5.41) is 2.70. The Bertz CT molecular complexity index is 160. The lowest BCUT2D eigenvalue weighted by Gasteiger charge is -2.13. The first kappa shape index (κ1) is 9.23. The van der Waals surface area contributed by atoms with Gasteiger partial charge in [0.1, 0.15) is 0 Å². The number of carbonyl (C=O) groups excluding carboxylic acids is 2. The Balaban J connectivity index is 2.29. The van der Waals surface area contributed by atoms with Crippen LogP contribution in [0.15, 0.2) is 0 Å². The molecule has 1 rings (SSSR count). The molecule has 1 amide bonds. The van der Waals surface area contributed by atoms with Gasteiger partial charge in [-0.1, -0.05) is 25.7 Å². The minimum absolute atomic E-state index is 0.241. The van der Waals surface area contributed by atoms with E-state index in [0.29, 0.717) is 6.29 Å². The van der Waals surface area contributed by atoms with E-state index in [2.05, 4.69) is 5.32 Å². The zero-order chi connectivity index (χ0) is 8.81. The molecule has 0 saturated heterocycles. The molecular formula is C9H15NO2. The Morgan fingerprint density at radius 2 is 1.75 bits per heavy atom. The molecule has 0 radical (unpaired) electrons. The van der Waals surface area contributed by atoms with Crippen molar-refractivity contribution < 1.29 is 9.59 Å². The zero-order valence-electron chi connectivity index (χ0n) is 7.21. The number of rotatable bonds is 2. The van der Waals surface area contributed by atoms with Crippen LogP contribution in [0.25, 0.3) is 0 Å². The minimum Gasteiger partial charge on any atom is -0.347 e. The highest BCUT2D eigenvalue weighted by Crippen LogP contribution is 2.16. The Hall–Kier alpha value is -0.860. The smallest absolute Gasteiger partial charge is 0.284 e. The first-order chi connectivity index (χ1) is 5.83. The predicted molar refractivity (Wildman–Crippen MR) is 45.7 cm³/mol. The zero-order valence-corrected chi connectivity index (χ0v) is 7.21. The summed E-state index contributed by atoms with van der Waals surface area (Å²) in [7, 11) is 0. The molecule has 0 heterocycles. The molecule has 0 aromatic rings. The summed E-state index contributed by atoms with van der Waals surface area (Å²) in [6, 6.07) is 0.241. The van der Waals surface area contributed by atoms with E-state index in [1.807, 2.05) is 0 Å². The number of amides is 1. The Labute approximate surface area is 72.5 Å². The standard InChI is InChI=1S/C9H15NO2/c11-7-9(12)10-8-5-3-1-2-4-6-8/h7-8H,1-6H2,(H,10,12). The molecule has 0 aliphatic heterocycles. The average molecular weight is 169 g/mol. The van der Waals surface area contributed by atoms with Gasteiger partial charge in [-0.3, -0.25) is 9.59 Å². The Morgan fingerprint density at radius 3 is 2.25 bits per heavy atom. The van der Waals surface area contributed by atoms with Gasteiger partial charge in [0.15, 0.2) is 0 Å². The minimum atomic E-state index is -0.470. The van der Waals surface area contributed by atoms with E-state index >= 15 is 0 Å². The van der Waals surface area contributed by atoms with E-state index < -0.39 is 5.91 Å². The predicted octanol–water partition coefficient (Wildman–Crippen LogP) is 1.02. The third-order valence-corrected chi connectivity index (χ3v) is 2.31. The summed E-state index contributed by atoms with van der Waals surface area (Å²) >= 11 is 0. The van der Waals surface area contributed by atoms with Gasteiger partial charge in [0.05, 0.1) is 0 Å². The average Bonchev–Trinajstić information content (AvgIpc) is 2.33. The lowest BCUT2D eigenvalue weighted by atomic mass is 10.1. The summed E-state index contributed by atoms with van der Waals surface area (Å²) in [4.78, 5) is 20.8. The number of hydrogen-bond donors (Lipinski definition) is 1. The van der Waals surface area contributed by atoms with Crippen molar-refractivity contribution in [1.82, 2.24) is 5.32 Å². The molecule has 1 saturated carbocycles. The monoisotopic (exact) mass is 169 g/mol. The van der Waals surface area contributed by atoms with E-state index in [0.717, 1.165) is 12.8 Å². The summed E-state index contributed by atoms with van der Waals surface area (Å²) < 4.78 is 0. The van der Waals surface area contributed by atoms with Crippen LogP contribution in [0.5, 0.6) is 0 Å². The highest BCUT2D eigenvalue weighted by atomic mass is 16.2. The summed E-state index contributed by atoms with van der Waals surface area (Å²) in [5.41, 5.74) is 0. The normalized spacial score (nSPS) is 19.7. The van der Waals surface area contributed by atoms with Crippen LogP contribution in [0.1, 0.15) is 38.5 Å². The van der Waals surface area contributed by atoms with E-state index in [4.69, 9.17) is 0 Å². The largest absolute Gasteiger partial charge is 0.347 e. The van der Waals surface area contributed by atoms with Crippen LogP contribution in [0, 0.1) is 0 Å². The van der Waals surface area contributed by atoms with Gasteiger partial charge >= 0.3 is 0 Å². The number of aldehydes is 1. The number of hydrogen-bond acceptors (Lipinski definition) is 2. The van der Waals surface area contributed by atoms with Crippen molar-refractivity contribution in [3.63, 3.8) is 0 Å². The van der Waals surface area contributed by atoms with Crippen LogP contribution in [0.4, 0.5) is 0 Å². The SMILES string of the molecule is O=CC(=O)NC1CCCCCC1. The van der Waals surface area contributed by atoms with Gasteiger partial charge in [-0.2, -0.15) is 0 Å². The molecule has 0 unspecified atom stereocenters. The fourth-order valence-electron chi connectivity index (χ4n) is 1.66. The molecular weight excluding hydrogens is 154 g/mol. The van der Waals surface area contributed by atoms with Crippen LogP contribution in [0.3, 0.4) is 0 Å². The highest BCUT2D eigenvalue weighted by Gasteiger charge is 2.13. The van der Waals surface area contributed by atoms with Gasteiger partial charge < -0.3 is 5.32 Å². The second-order valence-electron chi connectivity index (χ2n) is 3.31. The van der Waals surface area contributed by atoms with Gasteiger partial charge in [0.2, 0.25) is 6.29 Å². The molecule has 1 fully saturated rings. The number of carbonyl (C=O) groups is 2. The number of nitrogens with one attached hydrogen (secondary N) is 1. The molecule has 3 heteroatoms. The topological polar surface area (TPSA) is 46.2 Å². The fraction of sp³-hybridized carbons (Fsp3) is 0.778. The maximum Gasteiger partial charge on any atom is 0.284 e. The molecule has 3 nitrogen and oxygen atoms in total. The van der Waals surface area contributed by atoms with Gasteiger partial charge in [-0.05, 0) is 12.8 Å². The highest BCUT2D eigenvalue weighted by molar-refractivity contribution is 6.23. The maximum absolute atomic E-state index is 10.7. The lowest BCUT2D eigenvalue weighted by Crippen LogP contribution is -2.34. The molecule has 0 atom stereocenters. The molecule has 68 valence electrons. The van der Waals surface area contributed by atoms with Gasteiger partial charge in [0.25, 0.3) is 5.91 Å². The van der Waals surface area contributed by atoms with Crippen LogP contribution in [0.2, 0.25) is 0 Å². The third kappa shape index (κ3) is 3.03. The quantitative estimate of drug-likeness (QED) is 0.381. The van der Waals surface area contributed by atoms with Crippen LogP contribution >= 0.6 is 0 Å². The second-order valence-corrected chi connectivity index (χ2v) is 3.31. The first-order valence-corrected chi connectivity index (χ1v) is 4.58. The van der Waals surface area contributed by atoms with Crippen molar-refractivity contribution in [1.29, 1.82) is 0 Å². The van der Waals surface area contributed by atoms with E-state index in [1.165, 1.54) is 25.7 Å². The van der Waals surface area contributed by atoms with E-state index in [-0.39, 0.29) is 6.04 Å². The van der Waals surface area contributed by atoms with Crippen molar-refractivity contribution in [3.05, 3.63) is 0 Å². The third-order valence-electron chi connectivity index (χ3n) is 2.31. The molecule has 12 heavy (non-hydrogen) atoms. The maximum atomic E-state index is 10.7. The van der Waals surface area contributed by atoms with Crippen LogP contribution in [-0.2, 0) is 9.59 Å². The van der Waals surface area contributed by atoms with Gasteiger partial charge in [-0.25, -0.2) is 0 Å². The molecule has 1 aliphatic rings. The van der Waals surface area contributed by atoms with Gasteiger partial charge in [0, 0.05) is 6.04 Å². The van der Waals surface area contributed by atoms with Crippen molar-refractivity contribution >= 4 is 12.2 Å². The van der Waals surface area contributed by atoms with E-state index in [9.17, 15) is 9.59 Å². The molecule has 0 bridgehead atoms. The van der Waals surface area contributed by atoms with E-state index in [1.54, 1.807) is 0 Å². The lowest BCUT2D eigenvalue weighted by molar-refractivity contribution is -0.131. The van der Waals surface area contributed by atoms with Crippen molar-refractivity contribution in [3.8, 4) is 0 Å².